The minimum atomic E-state index is -0.637. The number of halogens is 2. The molecule has 6 nitrogen and oxygen atoms in total. The van der Waals surface area contributed by atoms with Gasteiger partial charge in [-0.1, -0.05) is 6.07 Å². The van der Waals surface area contributed by atoms with Crippen molar-refractivity contribution in [1.82, 2.24) is 14.5 Å². The average Bonchev–Trinajstić information content (AvgIpc) is 2.58. The van der Waals surface area contributed by atoms with Gasteiger partial charge in [-0.2, -0.15) is 0 Å². The summed E-state index contributed by atoms with van der Waals surface area (Å²) >= 11 is 0. The van der Waals surface area contributed by atoms with Gasteiger partial charge in [0.15, 0.2) is 0 Å². The molecule has 1 amide bonds. The van der Waals surface area contributed by atoms with E-state index in [0.717, 1.165) is 17.8 Å². The van der Waals surface area contributed by atoms with Crippen LogP contribution in [0.1, 0.15) is 21.6 Å². The molecular formula is C18H14F2N4O2. The predicted molar refractivity (Wildman–Crippen MR) is 90.8 cm³/mol. The van der Waals surface area contributed by atoms with E-state index < -0.39 is 17.5 Å². The molecule has 0 saturated carbocycles. The van der Waals surface area contributed by atoms with Crippen LogP contribution in [0.2, 0.25) is 0 Å². The average molecular weight is 356 g/mol. The van der Waals surface area contributed by atoms with Crippen LogP contribution in [0.3, 0.4) is 0 Å². The predicted octanol–water partition coefficient (Wildman–Crippen LogP) is 2.30. The van der Waals surface area contributed by atoms with Crippen LogP contribution in [0.15, 0.2) is 53.7 Å². The van der Waals surface area contributed by atoms with Crippen LogP contribution in [0.5, 0.6) is 0 Å². The van der Waals surface area contributed by atoms with Gasteiger partial charge < -0.3 is 9.88 Å². The van der Waals surface area contributed by atoms with E-state index in [9.17, 15) is 18.4 Å². The van der Waals surface area contributed by atoms with Crippen molar-refractivity contribution in [3.05, 3.63) is 87.7 Å². The van der Waals surface area contributed by atoms with Gasteiger partial charge in [0.1, 0.15) is 23.1 Å². The minimum absolute atomic E-state index is 0.0770. The molecule has 0 unspecified atom stereocenters. The Morgan fingerprint density at radius 3 is 2.42 bits per heavy atom. The molecule has 0 aliphatic rings. The summed E-state index contributed by atoms with van der Waals surface area (Å²) in [5.41, 5.74) is 0.967. The van der Waals surface area contributed by atoms with E-state index in [1.54, 1.807) is 12.1 Å². The Morgan fingerprint density at radius 2 is 1.81 bits per heavy atom. The summed E-state index contributed by atoms with van der Waals surface area (Å²) in [5.74, 6) is -1.49. The van der Waals surface area contributed by atoms with Gasteiger partial charge in [-0.3, -0.25) is 9.59 Å². The van der Waals surface area contributed by atoms with Gasteiger partial charge >= 0.3 is 0 Å². The van der Waals surface area contributed by atoms with Crippen LogP contribution in [-0.4, -0.2) is 20.4 Å². The largest absolute Gasteiger partial charge is 0.315 e. The smallest absolute Gasteiger partial charge is 0.276 e. The van der Waals surface area contributed by atoms with Crippen molar-refractivity contribution in [3.8, 4) is 0 Å². The lowest BCUT2D eigenvalue weighted by Crippen LogP contribution is -2.22. The van der Waals surface area contributed by atoms with Crippen molar-refractivity contribution in [2.75, 3.05) is 5.32 Å². The second kappa shape index (κ2) is 7.22. The van der Waals surface area contributed by atoms with E-state index in [1.807, 2.05) is 0 Å². The molecule has 2 heterocycles. The van der Waals surface area contributed by atoms with Crippen LogP contribution in [0.4, 0.5) is 14.6 Å². The third-order valence-electron chi connectivity index (χ3n) is 3.61. The summed E-state index contributed by atoms with van der Waals surface area (Å²) in [7, 11) is 1.52. The summed E-state index contributed by atoms with van der Waals surface area (Å²) in [6, 6.07) is 6.59. The third kappa shape index (κ3) is 4.15. The lowest BCUT2D eigenvalue weighted by molar-refractivity contribution is 0.102. The number of aryl methyl sites for hydroxylation is 1. The Morgan fingerprint density at radius 1 is 1.08 bits per heavy atom. The summed E-state index contributed by atoms with van der Waals surface area (Å²) in [5, 5.41) is 2.57. The molecule has 0 radical (unpaired) electrons. The Labute approximate surface area is 147 Å². The number of nitrogens with zero attached hydrogens (tertiary/aromatic N) is 3. The SMILES string of the molecule is Cn1cc(C(=O)Nc2ccc(Cc3cc(F)cc(F)c3)cn2)ncc1=O. The van der Waals surface area contributed by atoms with Crippen molar-refractivity contribution >= 4 is 11.7 Å². The molecule has 0 bridgehead atoms. The zero-order valence-electron chi connectivity index (χ0n) is 13.7. The quantitative estimate of drug-likeness (QED) is 0.778. The lowest BCUT2D eigenvalue weighted by atomic mass is 10.1. The molecule has 3 aromatic rings. The molecule has 0 aliphatic heterocycles. The number of amides is 1. The van der Waals surface area contributed by atoms with Gasteiger partial charge in [0, 0.05) is 25.5 Å². The Bertz CT molecular complexity index is 996. The number of hydrogen-bond donors (Lipinski definition) is 1. The summed E-state index contributed by atoms with van der Waals surface area (Å²) < 4.78 is 27.7. The van der Waals surface area contributed by atoms with Gasteiger partial charge in [0.2, 0.25) is 0 Å². The fourth-order valence-corrected chi connectivity index (χ4v) is 2.35. The van der Waals surface area contributed by atoms with Crippen molar-refractivity contribution in [3.63, 3.8) is 0 Å². The first-order chi connectivity index (χ1) is 12.4. The molecule has 1 aromatic carbocycles. The summed E-state index contributed by atoms with van der Waals surface area (Å²) in [4.78, 5) is 31.3. The summed E-state index contributed by atoms with van der Waals surface area (Å²) in [6.07, 6.45) is 4.19. The number of carbonyl (C=O) groups excluding carboxylic acids is 1. The second-order valence-corrected chi connectivity index (χ2v) is 5.68. The molecule has 0 spiro atoms. The molecule has 8 heteroatoms. The van der Waals surface area contributed by atoms with Crippen LogP contribution >= 0.6 is 0 Å². The molecule has 3 rings (SSSR count). The van der Waals surface area contributed by atoms with Crippen molar-refractivity contribution in [1.29, 1.82) is 0 Å². The lowest BCUT2D eigenvalue weighted by Gasteiger charge is -2.06. The minimum Gasteiger partial charge on any atom is -0.315 e. The van der Waals surface area contributed by atoms with Gasteiger partial charge in [-0.25, -0.2) is 18.7 Å². The highest BCUT2D eigenvalue weighted by Crippen LogP contribution is 2.14. The number of pyridine rings is 1. The zero-order chi connectivity index (χ0) is 18.7. The maximum Gasteiger partial charge on any atom is 0.276 e. The van der Waals surface area contributed by atoms with Gasteiger partial charge in [-0.05, 0) is 35.7 Å². The molecule has 0 aliphatic carbocycles. The number of benzene rings is 1. The molecule has 26 heavy (non-hydrogen) atoms. The number of carbonyl (C=O) groups is 1. The Balaban J connectivity index is 1.70. The first-order valence-corrected chi connectivity index (χ1v) is 7.64. The summed E-state index contributed by atoms with van der Waals surface area (Å²) in [6.45, 7) is 0. The van der Waals surface area contributed by atoms with Crippen LogP contribution in [0, 0.1) is 11.6 Å². The fourth-order valence-electron chi connectivity index (χ4n) is 2.35. The third-order valence-corrected chi connectivity index (χ3v) is 3.61. The normalized spacial score (nSPS) is 10.6. The standard InChI is InChI=1S/C18H14F2N4O2/c1-24-10-15(21-9-17(24)25)18(26)23-16-3-2-11(8-22-16)4-12-5-13(19)7-14(20)6-12/h2-3,5-10H,4H2,1H3,(H,22,23,26). The topological polar surface area (TPSA) is 76.9 Å². The highest BCUT2D eigenvalue weighted by Gasteiger charge is 2.10. The first-order valence-electron chi connectivity index (χ1n) is 7.64. The van der Waals surface area contributed by atoms with E-state index in [2.05, 4.69) is 15.3 Å². The van der Waals surface area contributed by atoms with Gasteiger partial charge in [-0.15, -0.1) is 0 Å². The monoisotopic (exact) mass is 356 g/mol. The van der Waals surface area contributed by atoms with Crippen molar-refractivity contribution in [2.24, 2.45) is 7.05 Å². The highest BCUT2D eigenvalue weighted by molar-refractivity contribution is 6.02. The molecular weight excluding hydrogens is 342 g/mol. The molecule has 0 fully saturated rings. The highest BCUT2D eigenvalue weighted by atomic mass is 19.1. The van der Waals surface area contributed by atoms with Crippen molar-refractivity contribution in [2.45, 2.75) is 6.42 Å². The molecule has 2 aromatic heterocycles. The van der Waals surface area contributed by atoms with E-state index in [0.29, 0.717) is 17.8 Å². The Kier molecular flexibility index (Phi) is 4.83. The van der Waals surface area contributed by atoms with Gasteiger partial charge in [0.05, 0.1) is 6.20 Å². The zero-order valence-corrected chi connectivity index (χ0v) is 13.7. The number of nitrogens with one attached hydrogen (secondary N) is 1. The van der Waals surface area contributed by atoms with Crippen LogP contribution < -0.4 is 10.9 Å². The molecule has 0 atom stereocenters. The number of aromatic nitrogens is 3. The molecule has 1 N–H and O–H groups in total. The number of hydrogen-bond acceptors (Lipinski definition) is 4. The maximum atomic E-state index is 13.2. The van der Waals surface area contributed by atoms with E-state index in [1.165, 1.54) is 36.1 Å². The molecule has 132 valence electrons. The Hall–Kier alpha value is -3.42. The van der Waals surface area contributed by atoms with Crippen LogP contribution in [-0.2, 0) is 13.5 Å². The number of anilines is 1. The second-order valence-electron chi connectivity index (χ2n) is 5.68. The van der Waals surface area contributed by atoms with E-state index in [-0.39, 0.29) is 11.3 Å². The first kappa shape index (κ1) is 17.4. The van der Waals surface area contributed by atoms with Crippen molar-refractivity contribution < 1.29 is 13.6 Å². The fraction of sp³-hybridized carbons (Fsp3) is 0.111. The number of rotatable bonds is 4. The molecule has 0 saturated heterocycles. The van der Waals surface area contributed by atoms with E-state index in [4.69, 9.17) is 0 Å². The van der Waals surface area contributed by atoms with E-state index >= 15 is 0 Å². The van der Waals surface area contributed by atoms with Gasteiger partial charge in [0.25, 0.3) is 11.5 Å². The van der Waals surface area contributed by atoms with Crippen LogP contribution in [0.25, 0.3) is 0 Å². The maximum absolute atomic E-state index is 13.2.